The van der Waals surface area contributed by atoms with Crippen LogP contribution >= 0.6 is 24.0 Å². The summed E-state index contributed by atoms with van der Waals surface area (Å²) in [4.78, 5) is 4.06. The molecule has 0 saturated heterocycles. The quantitative estimate of drug-likeness (QED) is 0.301. The second kappa shape index (κ2) is 10.5. The minimum Gasteiger partial charge on any atom is -0.491 e. The number of hydrogen-bond donors (Lipinski definition) is 2. The zero-order valence-electron chi connectivity index (χ0n) is 12.3. The van der Waals surface area contributed by atoms with E-state index in [9.17, 15) is 13.2 Å². The second-order valence-corrected chi connectivity index (χ2v) is 4.39. The Labute approximate surface area is 145 Å². The zero-order valence-corrected chi connectivity index (χ0v) is 14.7. The standard InChI is InChI=1S/C14H20F3N3O.HI/c1-2-3-8-19-13(18)20-9-10-21-12-7-5-4-6-11(12)14(15,16)17;/h4-7H,2-3,8-10H2,1H3,(H3,18,19,20);1H. The van der Waals surface area contributed by atoms with Crippen LogP contribution in [0.4, 0.5) is 13.2 Å². The van der Waals surface area contributed by atoms with E-state index in [1.54, 1.807) is 0 Å². The molecule has 1 aromatic rings. The molecule has 3 N–H and O–H groups in total. The summed E-state index contributed by atoms with van der Waals surface area (Å²) in [6.45, 7) is 3.03. The smallest absolute Gasteiger partial charge is 0.419 e. The maximum absolute atomic E-state index is 12.7. The minimum atomic E-state index is -4.43. The van der Waals surface area contributed by atoms with Crippen LogP contribution in [0.1, 0.15) is 25.3 Å². The van der Waals surface area contributed by atoms with Gasteiger partial charge in [-0.25, -0.2) is 0 Å². The number of nitrogens with two attached hydrogens (primary N) is 1. The first-order valence-electron chi connectivity index (χ1n) is 6.78. The average Bonchev–Trinajstić information content (AvgIpc) is 2.43. The molecule has 0 spiro atoms. The minimum absolute atomic E-state index is 0. The summed E-state index contributed by atoms with van der Waals surface area (Å²) < 4.78 is 43.3. The zero-order chi connectivity index (χ0) is 15.7. The van der Waals surface area contributed by atoms with E-state index in [4.69, 9.17) is 10.5 Å². The Morgan fingerprint density at radius 1 is 1.32 bits per heavy atom. The van der Waals surface area contributed by atoms with Gasteiger partial charge in [0.05, 0.1) is 12.1 Å². The van der Waals surface area contributed by atoms with Crippen LogP contribution < -0.4 is 15.8 Å². The lowest BCUT2D eigenvalue weighted by atomic mass is 10.2. The third kappa shape index (κ3) is 7.71. The molecular weight excluding hydrogens is 410 g/mol. The van der Waals surface area contributed by atoms with E-state index < -0.39 is 11.7 Å². The molecule has 0 fully saturated rings. The summed E-state index contributed by atoms with van der Waals surface area (Å²) >= 11 is 0. The fourth-order valence-electron chi connectivity index (χ4n) is 1.58. The Hall–Kier alpha value is -1.19. The number of alkyl halides is 3. The topological polar surface area (TPSA) is 59.6 Å². The molecule has 0 unspecified atom stereocenters. The first-order valence-corrected chi connectivity index (χ1v) is 6.78. The van der Waals surface area contributed by atoms with Gasteiger partial charge in [0.25, 0.3) is 0 Å². The lowest BCUT2D eigenvalue weighted by molar-refractivity contribution is -0.138. The SMILES string of the molecule is CCCCN=C(N)NCCOc1ccccc1C(F)(F)F.I. The normalized spacial score (nSPS) is 11.7. The van der Waals surface area contributed by atoms with E-state index in [0.717, 1.165) is 18.9 Å². The summed E-state index contributed by atoms with van der Waals surface area (Å²) in [5.74, 6) is 0.0875. The van der Waals surface area contributed by atoms with Crippen molar-refractivity contribution < 1.29 is 17.9 Å². The van der Waals surface area contributed by atoms with Crippen molar-refractivity contribution in [3.05, 3.63) is 29.8 Å². The number of rotatable bonds is 7. The summed E-state index contributed by atoms with van der Waals surface area (Å²) in [6.07, 6.45) is -2.46. The van der Waals surface area contributed by atoms with Gasteiger partial charge in [0, 0.05) is 6.54 Å². The van der Waals surface area contributed by atoms with Gasteiger partial charge < -0.3 is 15.8 Å². The molecule has 8 heteroatoms. The highest BCUT2D eigenvalue weighted by atomic mass is 127. The number of guanidine groups is 1. The van der Waals surface area contributed by atoms with Crippen molar-refractivity contribution >= 4 is 29.9 Å². The van der Waals surface area contributed by atoms with Crippen molar-refractivity contribution in [3.63, 3.8) is 0 Å². The van der Waals surface area contributed by atoms with Gasteiger partial charge in [0.15, 0.2) is 5.96 Å². The van der Waals surface area contributed by atoms with Crippen molar-refractivity contribution in [3.8, 4) is 5.75 Å². The number of nitrogens with zero attached hydrogens (tertiary/aromatic N) is 1. The van der Waals surface area contributed by atoms with Gasteiger partial charge in [0.1, 0.15) is 12.4 Å². The van der Waals surface area contributed by atoms with Crippen molar-refractivity contribution in [2.45, 2.75) is 25.9 Å². The van der Waals surface area contributed by atoms with Crippen LogP contribution in [0.2, 0.25) is 0 Å². The molecule has 1 rings (SSSR count). The van der Waals surface area contributed by atoms with Crippen LogP contribution in [0.5, 0.6) is 5.75 Å². The molecule has 0 amide bonds. The molecule has 0 bridgehead atoms. The Kier molecular flexibility index (Phi) is 9.95. The molecule has 0 aliphatic heterocycles. The number of aliphatic imine (C=N–C) groups is 1. The molecule has 4 nitrogen and oxygen atoms in total. The number of para-hydroxylation sites is 1. The number of hydrogen-bond acceptors (Lipinski definition) is 2. The molecule has 0 aliphatic rings. The van der Waals surface area contributed by atoms with Gasteiger partial charge in [-0.2, -0.15) is 13.2 Å². The highest BCUT2D eigenvalue weighted by molar-refractivity contribution is 14.0. The molecule has 0 saturated carbocycles. The molecule has 22 heavy (non-hydrogen) atoms. The molecule has 126 valence electrons. The third-order valence-corrected chi connectivity index (χ3v) is 2.65. The van der Waals surface area contributed by atoms with E-state index in [0.29, 0.717) is 6.54 Å². The summed E-state index contributed by atoms with van der Waals surface area (Å²) in [6, 6.07) is 5.11. The molecule has 0 aliphatic carbocycles. The highest BCUT2D eigenvalue weighted by Crippen LogP contribution is 2.35. The Balaban J connectivity index is 0.00000441. The Morgan fingerprint density at radius 3 is 2.64 bits per heavy atom. The van der Waals surface area contributed by atoms with Crippen LogP contribution in [-0.4, -0.2) is 25.7 Å². The number of ether oxygens (including phenoxy) is 1. The molecule has 0 radical (unpaired) electrons. The second-order valence-electron chi connectivity index (χ2n) is 4.39. The average molecular weight is 431 g/mol. The number of unbranched alkanes of at least 4 members (excludes halogenated alkanes) is 1. The van der Waals surface area contributed by atoms with Crippen LogP contribution in [0, 0.1) is 0 Å². The first-order chi connectivity index (χ1) is 9.95. The predicted molar refractivity (Wildman–Crippen MR) is 91.8 cm³/mol. The number of nitrogens with one attached hydrogen (secondary N) is 1. The fraction of sp³-hybridized carbons (Fsp3) is 0.500. The summed E-state index contributed by atoms with van der Waals surface area (Å²) in [7, 11) is 0. The summed E-state index contributed by atoms with van der Waals surface area (Å²) in [5, 5.41) is 2.79. The maximum atomic E-state index is 12.7. The molecule has 0 heterocycles. The third-order valence-electron chi connectivity index (χ3n) is 2.65. The van der Waals surface area contributed by atoms with Gasteiger partial charge in [-0.15, -0.1) is 24.0 Å². The van der Waals surface area contributed by atoms with E-state index in [1.165, 1.54) is 18.2 Å². The van der Waals surface area contributed by atoms with Gasteiger partial charge in [-0.3, -0.25) is 4.99 Å². The highest BCUT2D eigenvalue weighted by Gasteiger charge is 2.33. The number of benzene rings is 1. The van der Waals surface area contributed by atoms with E-state index in [1.807, 2.05) is 6.92 Å². The molecule has 0 atom stereocenters. The summed E-state index contributed by atoms with van der Waals surface area (Å²) in [5.41, 5.74) is 4.81. The molecule has 1 aromatic carbocycles. The van der Waals surface area contributed by atoms with Crippen molar-refractivity contribution in [2.24, 2.45) is 10.7 Å². The van der Waals surface area contributed by atoms with Gasteiger partial charge in [0.2, 0.25) is 0 Å². The molecular formula is C14H21F3IN3O. The van der Waals surface area contributed by atoms with Gasteiger partial charge in [-0.1, -0.05) is 25.5 Å². The van der Waals surface area contributed by atoms with Gasteiger partial charge in [-0.05, 0) is 18.6 Å². The van der Waals surface area contributed by atoms with E-state index in [-0.39, 0.29) is 48.8 Å². The van der Waals surface area contributed by atoms with Crippen molar-refractivity contribution in [2.75, 3.05) is 19.7 Å². The first kappa shape index (κ1) is 20.8. The van der Waals surface area contributed by atoms with Crippen molar-refractivity contribution in [1.82, 2.24) is 5.32 Å². The van der Waals surface area contributed by atoms with E-state index in [2.05, 4.69) is 10.3 Å². The van der Waals surface area contributed by atoms with Crippen LogP contribution in [0.25, 0.3) is 0 Å². The van der Waals surface area contributed by atoms with Gasteiger partial charge >= 0.3 is 6.18 Å². The monoisotopic (exact) mass is 431 g/mol. The number of halogens is 4. The lowest BCUT2D eigenvalue weighted by Crippen LogP contribution is -2.35. The maximum Gasteiger partial charge on any atom is 0.419 e. The Morgan fingerprint density at radius 2 is 2.00 bits per heavy atom. The Bertz CT molecular complexity index is 467. The van der Waals surface area contributed by atoms with Crippen LogP contribution in [0.3, 0.4) is 0 Å². The van der Waals surface area contributed by atoms with Crippen LogP contribution in [-0.2, 0) is 6.18 Å². The van der Waals surface area contributed by atoms with E-state index >= 15 is 0 Å². The largest absolute Gasteiger partial charge is 0.491 e. The lowest BCUT2D eigenvalue weighted by Gasteiger charge is -2.14. The predicted octanol–water partition coefficient (Wildman–Crippen LogP) is 3.41. The van der Waals surface area contributed by atoms with Crippen LogP contribution in [0.15, 0.2) is 29.3 Å². The van der Waals surface area contributed by atoms with Crippen molar-refractivity contribution in [1.29, 1.82) is 0 Å². The fourth-order valence-corrected chi connectivity index (χ4v) is 1.58. The molecule has 0 aromatic heterocycles.